The van der Waals surface area contributed by atoms with Crippen LogP contribution in [-0.4, -0.2) is 16.6 Å². The van der Waals surface area contributed by atoms with Gasteiger partial charge in [0.1, 0.15) is 5.75 Å². The van der Waals surface area contributed by atoms with Crippen LogP contribution < -0.4 is 0 Å². The molecule has 0 saturated heterocycles. The smallest absolute Gasteiger partial charge is 0.207 e. The fourth-order valence-electron chi connectivity index (χ4n) is 1.39. The van der Waals surface area contributed by atoms with Crippen LogP contribution in [0, 0.1) is 5.41 Å². The maximum atomic E-state index is 11.2. The Morgan fingerprint density at radius 2 is 2.17 bits per heavy atom. The number of ketones is 1. The van der Waals surface area contributed by atoms with E-state index in [1.807, 2.05) is 0 Å². The van der Waals surface area contributed by atoms with E-state index in [4.69, 9.17) is 5.41 Å². The van der Waals surface area contributed by atoms with Gasteiger partial charge in [0.2, 0.25) is 5.78 Å². The summed E-state index contributed by atoms with van der Waals surface area (Å²) in [4.78, 5) is 11.2. The van der Waals surface area contributed by atoms with Gasteiger partial charge in [-0.15, -0.1) is 0 Å². The van der Waals surface area contributed by atoms with E-state index in [0.717, 1.165) is 0 Å². The van der Waals surface area contributed by atoms with Crippen LogP contribution in [0.1, 0.15) is 15.9 Å². The molecule has 0 bridgehead atoms. The first-order valence-electron chi connectivity index (χ1n) is 3.63. The molecule has 1 aromatic carbocycles. The normalized spacial score (nSPS) is 15.0. The summed E-state index contributed by atoms with van der Waals surface area (Å²) in [7, 11) is 0. The van der Waals surface area contributed by atoms with Crippen LogP contribution in [0.3, 0.4) is 0 Å². The Morgan fingerprint density at radius 3 is 2.83 bits per heavy atom. The zero-order chi connectivity index (χ0) is 8.72. The van der Waals surface area contributed by atoms with Gasteiger partial charge in [-0.3, -0.25) is 4.79 Å². The van der Waals surface area contributed by atoms with Crippen LogP contribution >= 0.6 is 0 Å². The molecule has 2 N–H and O–H groups in total. The summed E-state index contributed by atoms with van der Waals surface area (Å²) in [5.74, 6) is -0.149. The van der Waals surface area contributed by atoms with Gasteiger partial charge in [0.05, 0.1) is 5.71 Å². The molecule has 12 heavy (non-hydrogen) atoms. The van der Waals surface area contributed by atoms with Crippen LogP contribution in [-0.2, 0) is 6.42 Å². The summed E-state index contributed by atoms with van der Waals surface area (Å²) in [5, 5.41) is 16.6. The fraction of sp³-hybridized carbons (Fsp3) is 0.111. The summed E-state index contributed by atoms with van der Waals surface area (Å²) in [6.07, 6.45) is 0.265. The molecule has 0 heterocycles. The monoisotopic (exact) mass is 161 g/mol. The Kier molecular flexibility index (Phi) is 1.27. The van der Waals surface area contributed by atoms with E-state index >= 15 is 0 Å². The number of phenolic OH excluding ortho intramolecular Hbond substituents is 1. The topological polar surface area (TPSA) is 61.1 Å². The van der Waals surface area contributed by atoms with Crippen molar-refractivity contribution in [3.63, 3.8) is 0 Å². The molecule has 60 valence electrons. The molecule has 0 radical (unpaired) electrons. The largest absolute Gasteiger partial charge is 0.508 e. The molecule has 3 nitrogen and oxygen atoms in total. The Hall–Kier alpha value is -1.64. The second kappa shape index (κ2) is 2.17. The van der Waals surface area contributed by atoms with Crippen molar-refractivity contribution in [1.82, 2.24) is 0 Å². The lowest BCUT2D eigenvalue weighted by molar-refractivity contribution is 0.106. The van der Waals surface area contributed by atoms with Gasteiger partial charge in [-0.05, 0) is 6.07 Å². The predicted octanol–water partition coefficient (Wildman–Crippen LogP) is 1.15. The third kappa shape index (κ3) is 0.763. The van der Waals surface area contributed by atoms with Gasteiger partial charge in [-0.25, -0.2) is 0 Å². The zero-order valence-electron chi connectivity index (χ0n) is 6.29. The van der Waals surface area contributed by atoms with Crippen molar-refractivity contribution in [2.75, 3.05) is 0 Å². The lowest BCUT2D eigenvalue weighted by Crippen LogP contribution is -2.04. The van der Waals surface area contributed by atoms with E-state index in [1.54, 1.807) is 12.1 Å². The van der Waals surface area contributed by atoms with E-state index < -0.39 is 0 Å². The first-order valence-corrected chi connectivity index (χ1v) is 3.63. The number of fused-ring (bicyclic) bond motifs is 1. The molecule has 2 rings (SSSR count). The molecule has 0 atom stereocenters. The minimum absolute atomic E-state index is 0.0616. The summed E-state index contributed by atoms with van der Waals surface area (Å²) < 4.78 is 0. The van der Waals surface area contributed by atoms with E-state index in [1.165, 1.54) is 6.07 Å². The third-order valence-corrected chi connectivity index (χ3v) is 2.02. The van der Waals surface area contributed by atoms with E-state index in [0.29, 0.717) is 11.1 Å². The number of hydrogen-bond donors (Lipinski definition) is 2. The quantitative estimate of drug-likeness (QED) is 0.599. The molecule has 0 saturated carbocycles. The van der Waals surface area contributed by atoms with E-state index in [9.17, 15) is 9.90 Å². The van der Waals surface area contributed by atoms with Gasteiger partial charge >= 0.3 is 0 Å². The number of aromatic hydroxyl groups is 1. The van der Waals surface area contributed by atoms with Crippen LogP contribution in [0.25, 0.3) is 0 Å². The van der Waals surface area contributed by atoms with Crippen molar-refractivity contribution in [3.05, 3.63) is 29.3 Å². The third-order valence-electron chi connectivity index (χ3n) is 2.02. The lowest BCUT2D eigenvalue weighted by Gasteiger charge is -1.97. The molecule has 0 aliphatic heterocycles. The molecule has 0 spiro atoms. The van der Waals surface area contributed by atoms with Gasteiger partial charge in [-0.2, -0.15) is 0 Å². The van der Waals surface area contributed by atoms with Crippen molar-refractivity contribution in [3.8, 4) is 5.75 Å². The average molecular weight is 161 g/mol. The number of carbonyl (C=O) groups excluding carboxylic acids is 1. The lowest BCUT2D eigenvalue weighted by atomic mass is 10.1. The molecule has 3 heteroatoms. The number of benzene rings is 1. The molecule has 0 amide bonds. The van der Waals surface area contributed by atoms with Crippen molar-refractivity contribution < 1.29 is 9.90 Å². The summed E-state index contributed by atoms with van der Waals surface area (Å²) in [5.41, 5.74) is 1.12. The highest BCUT2D eigenvalue weighted by atomic mass is 16.3. The van der Waals surface area contributed by atoms with Gasteiger partial charge in [0.25, 0.3) is 0 Å². The van der Waals surface area contributed by atoms with Crippen LogP contribution in [0.2, 0.25) is 0 Å². The van der Waals surface area contributed by atoms with Crippen LogP contribution in [0.4, 0.5) is 0 Å². The van der Waals surface area contributed by atoms with Crippen molar-refractivity contribution >= 4 is 11.5 Å². The van der Waals surface area contributed by atoms with Gasteiger partial charge in [0.15, 0.2) is 0 Å². The van der Waals surface area contributed by atoms with E-state index in [-0.39, 0.29) is 23.7 Å². The number of phenols is 1. The SMILES string of the molecule is N=C1Cc2c(O)cccc2C1=O. The summed E-state index contributed by atoms with van der Waals surface area (Å²) in [6.45, 7) is 0. The highest BCUT2D eigenvalue weighted by Gasteiger charge is 2.26. The molecular formula is C9H7NO2. The Bertz CT molecular complexity index is 382. The fourth-order valence-corrected chi connectivity index (χ4v) is 1.39. The van der Waals surface area contributed by atoms with Crippen LogP contribution in [0.5, 0.6) is 5.75 Å². The molecule has 0 unspecified atom stereocenters. The first-order chi connectivity index (χ1) is 5.70. The first kappa shape index (κ1) is 7.03. The maximum Gasteiger partial charge on any atom is 0.207 e. The number of Topliss-reactive ketones (excluding diaryl/α,β-unsaturated/α-hetero) is 1. The van der Waals surface area contributed by atoms with E-state index in [2.05, 4.69) is 0 Å². The molecule has 0 fully saturated rings. The molecule has 1 aliphatic rings. The number of rotatable bonds is 0. The van der Waals surface area contributed by atoms with Crippen LogP contribution in [0.15, 0.2) is 18.2 Å². The standard InChI is InChI=1S/C9H7NO2/c10-7-4-6-5(9(7)12)2-1-3-8(6)11/h1-3,10-11H,4H2. The highest BCUT2D eigenvalue weighted by molar-refractivity contribution is 6.48. The highest BCUT2D eigenvalue weighted by Crippen LogP contribution is 2.27. The maximum absolute atomic E-state index is 11.2. The average Bonchev–Trinajstić information content (AvgIpc) is 2.32. The minimum atomic E-state index is -0.263. The zero-order valence-corrected chi connectivity index (χ0v) is 6.29. The number of hydrogen-bond acceptors (Lipinski definition) is 3. The second-order valence-electron chi connectivity index (χ2n) is 2.79. The van der Waals surface area contributed by atoms with Gasteiger partial charge in [0, 0.05) is 17.5 Å². The Labute approximate surface area is 69.2 Å². The Morgan fingerprint density at radius 1 is 1.42 bits per heavy atom. The van der Waals surface area contributed by atoms with Crippen molar-refractivity contribution in [2.45, 2.75) is 6.42 Å². The van der Waals surface area contributed by atoms with Crippen molar-refractivity contribution in [2.24, 2.45) is 0 Å². The second-order valence-corrected chi connectivity index (χ2v) is 2.79. The Balaban J connectivity index is 2.68. The molecule has 1 aliphatic carbocycles. The minimum Gasteiger partial charge on any atom is -0.508 e. The van der Waals surface area contributed by atoms with Gasteiger partial charge < -0.3 is 10.5 Å². The molecular weight excluding hydrogens is 154 g/mol. The summed E-state index contributed by atoms with van der Waals surface area (Å²) in [6, 6.07) is 4.79. The molecule has 1 aromatic rings. The molecule has 0 aromatic heterocycles. The summed E-state index contributed by atoms with van der Waals surface area (Å²) >= 11 is 0. The number of nitrogens with one attached hydrogen (secondary N) is 1. The predicted molar refractivity (Wildman–Crippen MR) is 43.9 cm³/mol. The number of carbonyl (C=O) groups is 1. The van der Waals surface area contributed by atoms with Crippen molar-refractivity contribution in [1.29, 1.82) is 5.41 Å². The van der Waals surface area contributed by atoms with Gasteiger partial charge in [-0.1, -0.05) is 12.1 Å².